The molecule has 0 aliphatic carbocycles. The predicted octanol–water partition coefficient (Wildman–Crippen LogP) is 6.65. The summed E-state index contributed by atoms with van der Waals surface area (Å²) in [4.78, 5) is 23.0. The Morgan fingerprint density at radius 2 is 1.80 bits per heavy atom. The molecule has 0 bridgehead atoms. The number of fused-ring (bicyclic) bond motifs is 1. The van der Waals surface area contributed by atoms with Gasteiger partial charge in [0.2, 0.25) is 0 Å². The Labute approximate surface area is 264 Å². The molecule has 226 valence electrons. The van der Waals surface area contributed by atoms with E-state index in [1.54, 1.807) is 54.6 Å². The number of aromatic amines is 1. The zero-order chi connectivity index (χ0) is 31.4. The van der Waals surface area contributed by atoms with E-state index in [1.165, 1.54) is 18.2 Å². The van der Waals surface area contributed by atoms with Gasteiger partial charge in [-0.1, -0.05) is 47.5 Å². The molecule has 0 atom stereocenters. The first-order valence-electron chi connectivity index (χ1n) is 13.3. The van der Waals surface area contributed by atoms with Crippen LogP contribution in [0.5, 0.6) is 0 Å². The minimum absolute atomic E-state index is 0.0401. The standard InChI is InChI=1S/C31H28Cl2N6O4S/c1-39(2)22-9-13-28-29(17-22)37-30(36-28)25-16-20(8-12-26(25)32)35-31(40)24-11-10-23(18-27(24)33)44(42,43)38-21-7-3-5-19(15-21)6-4-14-34-41/h3-13,15-18,34,38,41H,14H2,1-2H3,(H,35,40)(H,36,37)/b6-4+. The van der Waals surface area contributed by atoms with E-state index in [0.717, 1.165) is 22.3 Å². The Bertz CT molecular complexity index is 1990. The molecular weight excluding hydrogens is 623 g/mol. The lowest BCUT2D eigenvalue weighted by atomic mass is 10.1. The van der Waals surface area contributed by atoms with Crippen molar-refractivity contribution < 1.29 is 18.4 Å². The van der Waals surface area contributed by atoms with E-state index in [0.29, 0.717) is 27.8 Å². The van der Waals surface area contributed by atoms with Gasteiger partial charge in [0.1, 0.15) is 5.82 Å². The molecule has 0 fully saturated rings. The maximum atomic E-state index is 13.2. The molecule has 0 aliphatic rings. The van der Waals surface area contributed by atoms with E-state index < -0.39 is 15.9 Å². The van der Waals surface area contributed by atoms with Crippen molar-refractivity contribution in [2.24, 2.45) is 0 Å². The summed E-state index contributed by atoms with van der Waals surface area (Å²) in [5, 5.41) is 11.9. The Balaban J connectivity index is 1.33. The van der Waals surface area contributed by atoms with Crippen molar-refractivity contribution in [1.82, 2.24) is 15.4 Å². The first kappa shape index (κ1) is 31.0. The number of amides is 1. The second kappa shape index (κ2) is 13.1. The molecule has 13 heteroatoms. The Kier molecular flexibility index (Phi) is 9.23. The number of nitrogens with one attached hydrogen (secondary N) is 4. The lowest BCUT2D eigenvalue weighted by Crippen LogP contribution is -2.15. The summed E-state index contributed by atoms with van der Waals surface area (Å²) in [6.07, 6.45) is 3.41. The van der Waals surface area contributed by atoms with Gasteiger partial charge in [0.25, 0.3) is 15.9 Å². The van der Waals surface area contributed by atoms with Crippen LogP contribution in [-0.2, 0) is 10.0 Å². The number of imidazole rings is 1. The number of carbonyl (C=O) groups is 1. The number of aromatic nitrogens is 2. The van der Waals surface area contributed by atoms with Crippen LogP contribution in [-0.4, -0.2) is 50.1 Å². The molecule has 44 heavy (non-hydrogen) atoms. The lowest BCUT2D eigenvalue weighted by Gasteiger charge is -2.12. The summed E-state index contributed by atoms with van der Waals surface area (Å²) in [6.45, 7) is 0.243. The molecular formula is C31H28Cl2N6O4S. The third-order valence-corrected chi connectivity index (χ3v) is 8.64. The van der Waals surface area contributed by atoms with Crippen molar-refractivity contribution in [3.05, 3.63) is 106 Å². The highest BCUT2D eigenvalue weighted by molar-refractivity contribution is 7.92. The number of hydroxylamine groups is 1. The topological polar surface area (TPSA) is 139 Å². The largest absolute Gasteiger partial charge is 0.378 e. The number of sulfonamides is 1. The fraction of sp³-hybridized carbons (Fsp3) is 0.0968. The van der Waals surface area contributed by atoms with E-state index in [9.17, 15) is 13.2 Å². The molecule has 5 rings (SSSR count). The third-order valence-electron chi connectivity index (χ3n) is 6.61. The minimum Gasteiger partial charge on any atom is -0.378 e. The highest BCUT2D eigenvalue weighted by Crippen LogP contribution is 2.32. The normalized spacial score (nSPS) is 11.7. The van der Waals surface area contributed by atoms with E-state index in [-0.39, 0.29) is 22.0 Å². The van der Waals surface area contributed by atoms with Gasteiger partial charge in [0, 0.05) is 43.3 Å². The Morgan fingerprint density at radius 1 is 0.977 bits per heavy atom. The van der Waals surface area contributed by atoms with Gasteiger partial charge >= 0.3 is 0 Å². The summed E-state index contributed by atoms with van der Waals surface area (Å²) in [6, 6.07) is 21.5. The summed E-state index contributed by atoms with van der Waals surface area (Å²) in [5.41, 5.74) is 6.84. The third kappa shape index (κ3) is 7.04. The molecule has 0 aliphatic heterocycles. The fourth-order valence-electron chi connectivity index (χ4n) is 4.40. The molecule has 1 amide bonds. The van der Waals surface area contributed by atoms with Gasteiger partial charge in [0.05, 0.1) is 31.5 Å². The second-order valence-corrected chi connectivity index (χ2v) is 12.5. The first-order chi connectivity index (χ1) is 21.0. The van der Waals surface area contributed by atoms with Gasteiger partial charge < -0.3 is 20.4 Å². The Hall–Kier alpha value is -4.39. The molecule has 0 spiro atoms. The van der Waals surface area contributed by atoms with Crippen LogP contribution in [0.25, 0.3) is 28.5 Å². The van der Waals surface area contributed by atoms with Crippen LogP contribution < -0.4 is 20.4 Å². The Morgan fingerprint density at radius 3 is 2.55 bits per heavy atom. The summed E-state index contributed by atoms with van der Waals surface area (Å²) >= 11 is 12.9. The van der Waals surface area contributed by atoms with Crippen LogP contribution in [0.15, 0.2) is 89.8 Å². The molecule has 0 saturated heterocycles. The highest BCUT2D eigenvalue weighted by atomic mass is 35.5. The van der Waals surface area contributed by atoms with Crippen molar-refractivity contribution in [3.63, 3.8) is 0 Å². The van der Waals surface area contributed by atoms with Crippen LogP contribution in [0.4, 0.5) is 17.1 Å². The van der Waals surface area contributed by atoms with Crippen LogP contribution >= 0.6 is 23.2 Å². The number of halogens is 2. The smallest absolute Gasteiger partial charge is 0.261 e. The van der Waals surface area contributed by atoms with Crippen LogP contribution in [0.3, 0.4) is 0 Å². The lowest BCUT2D eigenvalue weighted by molar-refractivity contribution is 0.102. The maximum Gasteiger partial charge on any atom is 0.261 e. The quantitative estimate of drug-likeness (QED) is 0.107. The van der Waals surface area contributed by atoms with Gasteiger partial charge in [0.15, 0.2) is 0 Å². The van der Waals surface area contributed by atoms with E-state index in [4.69, 9.17) is 28.4 Å². The second-order valence-electron chi connectivity index (χ2n) is 9.97. The van der Waals surface area contributed by atoms with Gasteiger partial charge in [-0.2, -0.15) is 0 Å². The number of rotatable bonds is 10. The van der Waals surface area contributed by atoms with Crippen LogP contribution in [0, 0.1) is 0 Å². The number of hydrogen-bond donors (Lipinski definition) is 5. The van der Waals surface area contributed by atoms with Crippen molar-refractivity contribution in [2.45, 2.75) is 4.90 Å². The molecule has 5 N–H and O–H groups in total. The summed E-state index contributed by atoms with van der Waals surface area (Å²) < 4.78 is 28.6. The van der Waals surface area contributed by atoms with Crippen molar-refractivity contribution in [2.75, 3.05) is 35.6 Å². The number of anilines is 3. The maximum absolute atomic E-state index is 13.2. The van der Waals surface area contributed by atoms with Crippen molar-refractivity contribution in [3.8, 4) is 11.4 Å². The zero-order valence-electron chi connectivity index (χ0n) is 23.6. The molecule has 5 aromatic rings. The van der Waals surface area contributed by atoms with Gasteiger partial charge in [-0.25, -0.2) is 18.9 Å². The summed E-state index contributed by atoms with van der Waals surface area (Å²) in [7, 11) is -0.0992. The van der Waals surface area contributed by atoms with E-state index in [1.807, 2.05) is 42.7 Å². The monoisotopic (exact) mass is 650 g/mol. The molecule has 4 aromatic carbocycles. The number of carbonyl (C=O) groups excluding carboxylic acids is 1. The molecule has 10 nitrogen and oxygen atoms in total. The van der Waals surface area contributed by atoms with Crippen molar-refractivity contribution >= 4 is 73.3 Å². The SMILES string of the molecule is CN(C)c1ccc2nc(-c3cc(NC(=O)c4ccc(S(=O)(=O)Nc5cccc(/C=C/CNO)c5)cc4Cl)ccc3Cl)[nH]c2c1. The first-order valence-corrected chi connectivity index (χ1v) is 15.5. The number of H-pyrrole nitrogens is 1. The van der Waals surface area contributed by atoms with Gasteiger partial charge in [-0.3, -0.25) is 9.52 Å². The fourth-order valence-corrected chi connectivity index (χ4v) is 6.01. The summed E-state index contributed by atoms with van der Waals surface area (Å²) in [5.74, 6) is 0.0121. The molecule has 0 unspecified atom stereocenters. The average Bonchev–Trinajstić information content (AvgIpc) is 3.41. The number of hydrogen-bond acceptors (Lipinski definition) is 7. The van der Waals surface area contributed by atoms with Crippen LogP contribution in [0.2, 0.25) is 10.0 Å². The molecule has 0 radical (unpaired) electrons. The average molecular weight is 652 g/mol. The van der Waals surface area contributed by atoms with E-state index >= 15 is 0 Å². The van der Waals surface area contributed by atoms with Crippen LogP contribution in [0.1, 0.15) is 15.9 Å². The highest BCUT2D eigenvalue weighted by Gasteiger charge is 2.19. The zero-order valence-corrected chi connectivity index (χ0v) is 25.9. The van der Waals surface area contributed by atoms with Crippen molar-refractivity contribution in [1.29, 1.82) is 0 Å². The van der Waals surface area contributed by atoms with E-state index in [2.05, 4.69) is 20.0 Å². The van der Waals surface area contributed by atoms with Gasteiger partial charge in [-0.05, 0) is 72.3 Å². The number of benzene rings is 4. The number of nitrogens with zero attached hydrogens (tertiary/aromatic N) is 2. The van der Waals surface area contributed by atoms with Gasteiger partial charge in [-0.15, -0.1) is 0 Å². The minimum atomic E-state index is -4.01. The predicted molar refractivity (Wildman–Crippen MR) is 176 cm³/mol. The molecule has 0 saturated carbocycles. The molecule has 1 heterocycles. The molecule has 1 aromatic heterocycles.